The van der Waals surface area contributed by atoms with E-state index in [1.54, 1.807) is 7.11 Å². The molecule has 0 radical (unpaired) electrons. The number of Topliss-reactive ketones (excluding diaryl/α,β-unsaturated/α-hetero) is 1. The van der Waals surface area contributed by atoms with E-state index < -0.39 is 41.6 Å². The number of halogens is 1. The number of rotatable bonds is 20. The molecule has 0 spiro atoms. The number of unbranched alkanes of at least 4 members (excludes halogenated alkanes) is 4. The first-order valence-electron chi connectivity index (χ1n) is 26.3. The maximum absolute atomic E-state index is 9.96. The first-order valence-corrected chi connectivity index (χ1v) is 27.2. The minimum atomic E-state index is -1.18. The summed E-state index contributed by atoms with van der Waals surface area (Å²) in [5, 5.41) is 49.8. The molecule has 70 heavy (non-hydrogen) atoms. The van der Waals surface area contributed by atoms with Crippen LogP contribution in [0.5, 0.6) is 0 Å². The summed E-state index contributed by atoms with van der Waals surface area (Å²) < 4.78 is 9.06. The van der Waals surface area contributed by atoms with Crippen molar-refractivity contribution in [2.75, 3.05) is 40.1 Å². The summed E-state index contributed by atoms with van der Waals surface area (Å²) in [6.07, 6.45) is 11.4. The molecule has 0 aliphatic heterocycles. The molecule has 440 valence electrons. The molecule has 15 nitrogen and oxygen atoms in total. The summed E-state index contributed by atoms with van der Waals surface area (Å²) in [5.41, 5.74) is 0. The largest absolute Gasteiger partial charge is 0.394 e. The normalized spacial score (nSPS) is 9.11. The van der Waals surface area contributed by atoms with Crippen LogP contribution in [0.1, 0.15) is 244 Å². The lowest BCUT2D eigenvalue weighted by atomic mass is 10.1. The van der Waals surface area contributed by atoms with Crippen LogP contribution in [0.15, 0.2) is 0 Å². The summed E-state index contributed by atoms with van der Waals surface area (Å²) >= 11 is 2.74. The van der Waals surface area contributed by atoms with Crippen molar-refractivity contribution in [3.8, 4) is 0 Å². The second kappa shape index (κ2) is 183. The van der Waals surface area contributed by atoms with Crippen LogP contribution in [0.25, 0.3) is 0 Å². The van der Waals surface area contributed by atoms with Crippen molar-refractivity contribution < 1.29 is 73.7 Å². The minimum Gasteiger partial charge on any atom is -0.394 e. The number of aliphatic hydroxyl groups excluding tert-OH is 6. The van der Waals surface area contributed by atoms with Gasteiger partial charge in [-0.1, -0.05) is 226 Å². The zero-order valence-electron chi connectivity index (χ0n) is 50.9. The van der Waals surface area contributed by atoms with Gasteiger partial charge in [-0.05, 0) is 33.6 Å². The Morgan fingerprint density at radius 3 is 0.957 bits per heavy atom. The zero-order valence-corrected chi connectivity index (χ0v) is 52.5. The smallest absolute Gasteiger partial charge is 0.160 e. The van der Waals surface area contributed by atoms with Gasteiger partial charge >= 0.3 is 0 Å². The molecule has 0 rings (SSSR count). The molecule has 0 bridgehead atoms. The number of ketones is 1. The molecule has 4 unspecified atom stereocenters. The lowest BCUT2D eigenvalue weighted by Crippen LogP contribution is -2.20. The number of hydrogen-bond donors (Lipinski definition) is 6. The monoisotopic (exact) mass is 1090 g/mol. The molecule has 0 heterocycles. The molecule has 0 aromatic heterocycles. The summed E-state index contributed by atoms with van der Waals surface area (Å²) in [6, 6.07) is 0. The average molecular weight is 1100 g/mol. The number of hydrogen-bond acceptors (Lipinski definition) is 15. The molecule has 0 aromatic rings. The fourth-order valence-corrected chi connectivity index (χ4v) is 1.69. The van der Waals surface area contributed by atoms with Crippen LogP contribution in [0.4, 0.5) is 0 Å². The highest BCUT2D eigenvalue weighted by Crippen LogP contribution is 2.03. The molecule has 0 saturated heterocycles. The predicted molar refractivity (Wildman–Crippen MR) is 308 cm³/mol. The van der Waals surface area contributed by atoms with Crippen molar-refractivity contribution in [2.24, 2.45) is 0 Å². The first kappa shape index (κ1) is 117. The van der Waals surface area contributed by atoms with Crippen molar-refractivity contribution in [3.05, 3.63) is 0 Å². The van der Waals surface area contributed by atoms with Gasteiger partial charge in [-0.25, -0.2) is 0 Å². The Morgan fingerprint density at radius 1 is 0.529 bits per heavy atom. The van der Waals surface area contributed by atoms with E-state index in [-0.39, 0.29) is 19.8 Å². The molecule has 16 heteroatoms. The van der Waals surface area contributed by atoms with Crippen molar-refractivity contribution in [2.45, 2.75) is 273 Å². The molecule has 0 aliphatic carbocycles. The number of ether oxygens (including phenoxy) is 2. The zero-order chi connectivity index (χ0) is 60.4. The molecular weight excluding hydrogens is 968 g/mol. The quantitative estimate of drug-likeness (QED) is 0.0287. The molecule has 6 N–H and O–H groups in total. The van der Waals surface area contributed by atoms with E-state index in [1.165, 1.54) is 46.0 Å². The van der Waals surface area contributed by atoms with Gasteiger partial charge in [0, 0.05) is 13.7 Å². The van der Waals surface area contributed by atoms with Gasteiger partial charge in [-0.3, -0.25) is 4.79 Å². The van der Waals surface area contributed by atoms with Crippen molar-refractivity contribution in [1.82, 2.24) is 0 Å². The number of carbonyl (C=O) groups is 7. The highest BCUT2D eigenvalue weighted by atomic mass is 79.9. The van der Waals surface area contributed by atoms with Crippen molar-refractivity contribution in [1.29, 1.82) is 0 Å². The summed E-state index contributed by atoms with van der Waals surface area (Å²) in [7, 11) is 1.68. The van der Waals surface area contributed by atoms with Gasteiger partial charge in [-0.15, -0.1) is 0 Å². The maximum Gasteiger partial charge on any atom is 0.160 e. The Labute approximate surface area is 444 Å². The standard InChI is InChI=1S/C8H16O2.C6H12O2.2C4H8O3.C3H3BrO2.C3H6O2.C3H8O.3C3H8.7C2H6/c1-2-3-4-5-6-8(10)7-9;1-2-3-4-6(8)5-7;5-1-3-7-4-2-6;1-3(6)4(7)2-5;4-3(1-5)2-6;1-3(5)2-4;1-3-4-2;3*1-3-2;7*1-2/h7-8,10H,2-6H2,1H3;5-6,8H,2-4H2,1H3;1,6H,2-4H2;4-5,7H,2H2,1H3;1-3H;2-3,5H,1H3;3H2,1-2H3;3*3H2,1-2H3;7*1-2H3. The third-order valence-electron chi connectivity index (χ3n) is 4.33. The number of methoxy groups -OCH3 is 1. The van der Waals surface area contributed by atoms with E-state index in [2.05, 4.69) is 73.9 Å². The van der Waals surface area contributed by atoms with Crippen LogP contribution in [-0.4, -0.2) is 144 Å². The second-order valence-corrected chi connectivity index (χ2v) is 12.0. The van der Waals surface area contributed by atoms with Crippen LogP contribution in [0.3, 0.4) is 0 Å². The van der Waals surface area contributed by atoms with E-state index in [9.17, 15) is 33.6 Å². The summed E-state index contributed by atoms with van der Waals surface area (Å²) in [4.78, 5) is 66.7. The summed E-state index contributed by atoms with van der Waals surface area (Å²) in [6.45, 7) is 50.2. The van der Waals surface area contributed by atoms with Crippen LogP contribution >= 0.6 is 15.9 Å². The van der Waals surface area contributed by atoms with E-state index in [1.807, 2.05) is 111 Å². The minimum absolute atomic E-state index is 0.0200. The molecule has 0 aromatic carbocycles. The number of carbonyl (C=O) groups excluding carboxylic acids is 7. The Kier molecular flexibility index (Phi) is 306. The predicted octanol–water partition coefficient (Wildman–Crippen LogP) is 12.2. The van der Waals surface area contributed by atoms with Gasteiger partial charge in [0.1, 0.15) is 73.6 Å². The number of aliphatic hydroxyl groups is 6. The van der Waals surface area contributed by atoms with Gasteiger partial charge in [-0.2, -0.15) is 0 Å². The molecule has 0 aliphatic rings. The van der Waals surface area contributed by atoms with E-state index >= 15 is 0 Å². The first-order chi connectivity index (χ1) is 33.4. The fraction of sp³-hybridized carbons (Fsp3) is 0.870. The Bertz CT molecular complexity index is 692. The Balaban J connectivity index is -0.0000000294. The Hall–Kier alpha value is -2.15. The van der Waals surface area contributed by atoms with E-state index in [4.69, 9.17) is 30.6 Å². The lowest BCUT2D eigenvalue weighted by Gasteiger charge is -2.00. The van der Waals surface area contributed by atoms with Crippen LogP contribution in [0.2, 0.25) is 0 Å². The molecular formula is C54H127BrO15. The topological polar surface area (TPSA) is 259 Å². The van der Waals surface area contributed by atoms with Gasteiger partial charge in [0.25, 0.3) is 0 Å². The van der Waals surface area contributed by atoms with Gasteiger partial charge in [0.2, 0.25) is 0 Å². The van der Waals surface area contributed by atoms with Gasteiger partial charge in [0.05, 0.1) is 19.8 Å². The van der Waals surface area contributed by atoms with E-state index in [0.29, 0.717) is 50.6 Å². The number of alkyl halides is 1. The molecule has 0 saturated carbocycles. The lowest BCUT2D eigenvalue weighted by molar-refractivity contribution is -0.126. The average Bonchev–Trinajstić information content (AvgIpc) is 3.42. The van der Waals surface area contributed by atoms with E-state index in [0.717, 1.165) is 32.3 Å². The molecule has 0 fully saturated rings. The Morgan fingerprint density at radius 2 is 0.814 bits per heavy atom. The van der Waals surface area contributed by atoms with Crippen molar-refractivity contribution >= 4 is 59.4 Å². The molecule has 0 amide bonds. The van der Waals surface area contributed by atoms with Crippen LogP contribution in [0, 0.1) is 0 Å². The van der Waals surface area contributed by atoms with Crippen LogP contribution in [-0.2, 0) is 43.0 Å². The molecule has 4 atom stereocenters. The number of aldehydes is 6. The van der Waals surface area contributed by atoms with Crippen LogP contribution < -0.4 is 0 Å². The second-order valence-electron chi connectivity index (χ2n) is 11.0. The summed E-state index contributed by atoms with van der Waals surface area (Å²) in [5.74, 6) is -0.400. The van der Waals surface area contributed by atoms with Gasteiger partial charge in [0.15, 0.2) is 5.78 Å². The maximum atomic E-state index is 9.96. The highest BCUT2D eigenvalue weighted by molar-refractivity contribution is 9.10. The fourth-order valence-electron chi connectivity index (χ4n) is 1.69. The highest BCUT2D eigenvalue weighted by Gasteiger charge is 2.05. The van der Waals surface area contributed by atoms with Gasteiger partial charge < -0.3 is 68.9 Å². The van der Waals surface area contributed by atoms with Crippen molar-refractivity contribution in [3.63, 3.8) is 0 Å². The SMILES string of the molecule is CC.CC.CC.CC.CC.CC.CC.CC(=O)C(O)CO.CC(O)C=O.CCC.CCC.CCC.CCCCC(O)C=O.CCCCCCC(O)C=O.CCOC.O=CC(Br)C=O.O=CCOCCO. The third-order valence-corrected chi connectivity index (χ3v) is 4.76. The third kappa shape index (κ3) is 333.